The molecule has 0 atom stereocenters. The van der Waals surface area contributed by atoms with Gasteiger partial charge in [0.05, 0.1) is 5.57 Å². The summed E-state index contributed by atoms with van der Waals surface area (Å²) in [5.74, 6) is -0.940. The second kappa shape index (κ2) is 3.57. The molecule has 0 aromatic heterocycles. The van der Waals surface area contributed by atoms with Crippen molar-refractivity contribution in [2.45, 2.75) is 0 Å². The topological polar surface area (TPSA) is 63.3 Å². The van der Waals surface area contributed by atoms with E-state index in [4.69, 9.17) is 10.8 Å². The van der Waals surface area contributed by atoms with Crippen molar-refractivity contribution >= 4 is 5.97 Å². The Labute approximate surface area is 70.2 Å². The predicted molar refractivity (Wildman–Crippen MR) is 46.3 cm³/mol. The third kappa shape index (κ3) is 2.12. The molecule has 1 aliphatic carbocycles. The molecule has 1 rings (SSSR count). The van der Waals surface area contributed by atoms with Gasteiger partial charge in [0.1, 0.15) is 0 Å². The van der Waals surface area contributed by atoms with Gasteiger partial charge in [-0.25, -0.2) is 4.79 Å². The van der Waals surface area contributed by atoms with Crippen molar-refractivity contribution in [1.29, 1.82) is 0 Å². The van der Waals surface area contributed by atoms with Crippen LogP contribution in [0.15, 0.2) is 47.7 Å². The van der Waals surface area contributed by atoms with E-state index in [9.17, 15) is 4.79 Å². The average molecular weight is 163 g/mol. The van der Waals surface area contributed by atoms with Crippen LogP contribution in [0.3, 0.4) is 0 Å². The first-order valence-corrected chi connectivity index (χ1v) is 3.45. The summed E-state index contributed by atoms with van der Waals surface area (Å²) < 4.78 is 0. The summed E-state index contributed by atoms with van der Waals surface area (Å²) in [5.41, 5.74) is 6.32. The zero-order valence-electron chi connectivity index (χ0n) is 6.40. The minimum absolute atomic E-state index is 0.245. The lowest BCUT2D eigenvalue weighted by atomic mass is 10.2. The number of rotatable bonds is 1. The van der Waals surface area contributed by atoms with Crippen molar-refractivity contribution in [2.75, 3.05) is 0 Å². The number of nitrogens with two attached hydrogens (primary N) is 1. The molecule has 12 heavy (non-hydrogen) atoms. The van der Waals surface area contributed by atoms with Gasteiger partial charge < -0.3 is 10.8 Å². The largest absolute Gasteiger partial charge is 0.478 e. The van der Waals surface area contributed by atoms with Crippen LogP contribution in [-0.2, 0) is 4.79 Å². The van der Waals surface area contributed by atoms with Crippen molar-refractivity contribution in [1.82, 2.24) is 0 Å². The highest BCUT2D eigenvalue weighted by molar-refractivity contribution is 5.90. The summed E-state index contributed by atoms with van der Waals surface area (Å²) in [5, 5.41) is 8.62. The molecule has 0 aromatic carbocycles. The Morgan fingerprint density at radius 1 is 1.25 bits per heavy atom. The molecule has 0 fully saturated rings. The fourth-order valence-electron chi connectivity index (χ4n) is 0.779. The van der Waals surface area contributed by atoms with E-state index in [-0.39, 0.29) is 5.57 Å². The van der Waals surface area contributed by atoms with E-state index in [2.05, 4.69) is 0 Å². The number of carboxylic acid groups (broad SMARTS) is 1. The maximum absolute atomic E-state index is 10.5. The lowest BCUT2D eigenvalue weighted by Crippen LogP contribution is -1.98. The van der Waals surface area contributed by atoms with Gasteiger partial charge in [0.2, 0.25) is 0 Å². The highest BCUT2D eigenvalue weighted by Gasteiger charge is 2.00. The maximum Gasteiger partial charge on any atom is 0.335 e. The third-order valence-electron chi connectivity index (χ3n) is 1.38. The highest BCUT2D eigenvalue weighted by Crippen LogP contribution is 2.02. The predicted octanol–water partition coefficient (Wildman–Crippen LogP) is 0.966. The molecular weight excluding hydrogens is 154 g/mol. The quantitative estimate of drug-likeness (QED) is 0.605. The summed E-state index contributed by atoms with van der Waals surface area (Å²) in [6.45, 7) is 0. The van der Waals surface area contributed by atoms with Crippen LogP contribution in [0.4, 0.5) is 0 Å². The molecule has 0 spiro atoms. The lowest BCUT2D eigenvalue weighted by Gasteiger charge is -1.95. The molecule has 0 aliphatic heterocycles. The molecule has 1 aliphatic rings. The molecule has 0 radical (unpaired) electrons. The Balaban J connectivity index is 2.91. The molecule has 3 N–H and O–H groups in total. The summed E-state index contributed by atoms with van der Waals surface area (Å²) in [7, 11) is 0. The number of aliphatic carboxylic acids is 1. The Kier molecular flexibility index (Phi) is 2.48. The fraction of sp³-hybridized carbons (Fsp3) is 0. The first-order valence-electron chi connectivity index (χ1n) is 3.45. The average Bonchev–Trinajstić information content (AvgIpc) is 1.95. The Morgan fingerprint density at radius 2 is 1.92 bits per heavy atom. The Bertz CT molecular complexity index is 308. The van der Waals surface area contributed by atoms with Crippen LogP contribution >= 0.6 is 0 Å². The van der Waals surface area contributed by atoms with Gasteiger partial charge in [-0.1, -0.05) is 12.2 Å². The fourth-order valence-corrected chi connectivity index (χ4v) is 0.779. The molecule has 62 valence electrons. The normalized spacial score (nSPS) is 23.0. The van der Waals surface area contributed by atoms with E-state index >= 15 is 0 Å². The maximum atomic E-state index is 10.5. The van der Waals surface area contributed by atoms with Gasteiger partial charge in [0, 0.05) is 5.70 Å². The molecule has 0 bridgehead atoms. The molecular formula is C9H9NO2. The monoisotopic (exact) mass is 163 g/mol. The first-order chi connectivity index (χ1) is 5.70. The SMILES string of the molecule is NC1=C/C=C\C(C(=O)O)=C/C=C1. The summed E-state index contributed by atoms with van der Waals surface area (Å²) in [6, 6.07) is 0. The van der Waals surface area contributed by atoms with Crippen molar-refractivity contribution in [3.63, 3.8) is 0 Å². The third-order valence-corrected chi connectivity index (χ3v) is 1.38. The van der Waals surface area contributed by atoms with Crippen LogP contribution in [0, 0.1) is 0 Å². The summed E-state index contributed by atoms with van der Waals surface area (Å²) in [4.78, 5) is 10.5. The second-order valence-corrected chi connectivity index (χ2v) is 2.31. The summed E-state index contributed by atoms with van der Waals surface area (Å²) in [6.07, 6.45) is 9.51. The minimum Gasteiger partial charge on any atom is -0.478 e. The molecule has 0 unspecified atom stereocenters. The van der Waals surface area contributed by atoms with Gasteiger partial charge in [-0.15, -0.1) is 0 Å². The van der Waals surface area contributed by atoms with Crippen LogP contribution in [0.1, 0.15) is 0 Å². The van der Waals surface area contributed by atoms with Gasteiger partial charge in [-0.2, -0.15) is 0 Å². The van der Waals surface area contributed by atoms with E-state index in [0.29, 0.717) is 5.70 Å². The number of hydrogen-bond donors (Lipinski definition) is 2. The highest BCUT2D eigenvalue weighted by atomic mass is 16.4. The van der Waals surface area contributed by atoms with Crippen molar-refractivity contribution < 1.29 is 9.90 Å². The number of allylic oxidation sites excluding steroid dienone is 5. The molecule has 0 heterocycles. The standard InChI is InChI=1S/C9H9NO2/c10-8-5-1-3-7(9(11)12)4-2-6-8/h1-6H,10H2,(H,11,12)/b3-1-,4-2?,5-1?,6-2?,7-3?,7-4+,8-5?,8-6?. The number of carbonyl (C=O) groups is 1. The van der Waals surface area contributed by atoms with E-state index < -0.39 is 5.97 Å². The van der Waals surface area contributed by atoms with Crippen molar-refractivity contribution in [3.05, 3.63) is 47.7 Å². The van der Waals surface area contributed by atoms with Gasteiger partial charge in [0.25, 0.3) is 0 Å². The summed E-state index contributed by atoms with van der Waals surface area (Å²) >= 11 is 0. The van der Waals surface area contributed by atoms with Gasteiger partial charge >= 0.3 is 5.97 Å². The van der Waals surface area contributed by atoms with Crippen molar-refractivity contribution in [2.24, 2.45) is 5.73 Å². The van der Waals surface area contributed by atoms with E-state index in [1.165, 1.54) is 12.2 Å². The zero-order chi connectivity index (χ0) is 8.97. The Hall–Kier alpha value is -1.77. The van der Waals surface area contributed by atoms with E-state index in [1.807, 2.05) is 0 Å². The smallest absolute Gasteiger partial charge is 0.335 e. The van der Waals surface area contributed by atoms with Crippen LogP contribution in [0.25, 0.3) is 0 Å². The van der Waals surface area contributed by atoms with Gasteiger partial charge in [0.15, 0.2) is 0 Å². The zero-order valence-corrected chi connectivity index (χ0v) is 6.40. The molecule has 0 saturated heterocycles. The van der Waals surface area contributed by atoms with Crippen LogP contribution in [0.2, 0.25) is 0 Å². The van der Waals surface area contributed by atoms with Crippen LogP contribution in [0.5, 0.6) is 0 Å². The van der Waals surface area contributed by atoms with E-state index in [0.717, 1.165) is 0 Å². The number of carboxylic acids is 1. The second-order valence-electron chi connectivity index (χ2n) is 2.31. The molecule has 0 aromatic rings. The van der Waals surface area contributed by atoms with E-state index in [1.54, 1.807) is 24.3 Å². The minimum atomic E-state index is -0.940. The van der Waals surface area contributed by atoms with Crippen LogP contribution < -0.4 is 5.73 Å². The molecule has 0 saturated carbocycles. The molecule has 3 nitrogen and oxygen atoms in total. The Morgan fingerprint density at radius 3 is 2.58 bits per heavy atom. The number of hydrogen-bond acceptors (Lipinski definition) is 2. The van der Waals surface area contributed by atoms with Crippen LogP contribution in [-0.4, -0.2) is 11.1 Å². The molecule has 0 amide bonds. The lowest BCUT2D eigenvalue weighted by molar-refractivity contribution is -0.132. The van der Waals surface area contributed by atoms with Crippen molar-refractivity contribution in [3.8, 4) is 0 Å². The van der Waals surface area contributed by atoms with Gasteiger partial charge in [-0.05, 0) is 24.3 Å². The molecule has 3 heteroatoms. The van der Waals surface area contributed by atoms with Gasteiger partial charge in [-0.3, -0.25) is 0 Å². The first kappa shape index (κ1) is 8.33.